The number of aromatic nitrogens is 3. The molecule has 0 atom stereocenters. The summed E-state index contributed by atoms with van der Waals surface area (Å²) in [6, 6.07) is 10.7. The van der Waals surface area contributed by atoms with Crippen LogP contribution in [0, 0.1) is 0 Å². The van der Waals surface area contributed by atoms with Crippen LogP contribution in [-0.2, 0) is 6.54 Å². The number of ether oxygens (including phenoxy) is 2. The third-order valence-electron chi connectivity index (χ3n) is 3.52. The number of nitrogens with zero attached hydrogens (tertiary/aromatic N) is 3. The molecule has 124 valence electrons. The number of amides is 1. The summed E-state index contributed by atoms with van der Waals surface area (Å²) in [5.74, 6) is 1.58. The van der Waals surface area contributed by atoms with Crippen molar-refractivity contribution < 1.29 is 14.3 Å². The van der Waals surface area contributed by atoms with Gasteiger partial charge < -0.3 is 14.8 Å². The molecular formula is C17H18N4O3. The minimum atomic E-state index is -0.216. The van der Waals surface area contributed by atoms with Gasteiger partial charge in [-0.25, -0.2) is 0 Å². The van der Waals surface area contributed by atoms with E-state index in [1.807, 2.05) is 35.7 Å². The predicted molar refractivity (Wildman–Crippen MR) is 88.3 cm³/mol. The zero-order chi connectivity index (χ0) is 16.9. The van der Waals surface area contributed by atoms with Gasteiger partial charge in [-0.3, -0.25) is 9.20 Å². The van der Waals surface area contributed by atoms with Gasteiger partial charge in [0, 0.05) is 11.8 Å². The summed E-state index contributed by atoms with van der Waals surface area (Å²) >= 11 is 0. The lowest BCUT2D eigenvalue weighted by atomic mass is 10.2. The fourth-order valence-corrected chi connectivity index (χ4v) is 2.36. The largest absolute Gasteiger partial charge is 0.493 e. The Hall–Kier alpha value is -3.09. The molecule has 0 saturated heterocycles. The second-order valence-electron chi connectivity index (χ2n) is 5.03. The van der Waals surface area contributed by atoms with Crippen LogP contribution in [0.4, 0.5) is 0 Å². The molecule has 0 radical (unpaired) electrons. The molecule has 3 rings (SSSR count). The quantitative estimate of drug-likeness (QED) is 0.750. The normalized spacial score (nSPS) is 10.6. The van der Waals surface area contributed by atoms with Crippen molar-refractivity contribution >= 4 is 11.6 Å². The number of methoxy groups -OCH3 is 1. The molecule has 1 aromatic carbocycles. The van der Waals surface area contributed by atoms with E-state index in [1.165, 1.54) is 0 Å². The van der Waals surface area contributed by atoms with Crippen LogP contribution in [0.1, 0.15) is 23.1 Å². The van der Waals surface area contributed by atoms with Crippen LogP contribution in [0.5, 0.6) is 11.5 Å². The fraction of sp³-hybridized carbons (Fsp3) is 0.235. The van der Waals surface area contributed by atoms with E-state index in [0.717, 1.165) is 5.65 Å². The minimum Gasteiger partial charge on any atom is -0.493 e. The molecule has 0 bridgehead atoms. The van der Waals surface area contributed by atoms with Crippen molar-refractivity contribution in [3.05, 3.63) is 54.0 Å². The van der Waals surface area contributed by atoms with Crippen LogP contribution < -0.4 is 14.8 Å². The zero-order valence-electron chi connectivity index (χ0n) is 13.5. The first kappa shape index (κ1) is 15.8. The van der Waals surface area contributed by atoms with Crippen LogP contribution in [0.3, 0.4) is 0 Å². The molecule has 0 unspecified atom stereocenters. The lowest BCUT2D eigenvalue weighted by Gasteiger charge is -2.11. The SMILES string of the molecule is CCOc1cc(C(=O)NCc2nnc3ccccn23)ccc1OC. The molecule has 3 aromatic rings. The summed E-state index contributed by atoms with van der Waals surface area (Å²) in [4.78, 5) is 12.4. The Morgan fingerprint density at radius 2 is 2.08 bits per heavy atom. The van der Waals surface area contributed by atoms with Gasteiger partial charge in [-0.05, 0) is 37.3 Å². The summed E-state index contributed by atoms with van der Waals surface area (Å²) in [5, 5.41) is 11.0. The number of hydrogen-bond acceptors (Lipinski definition) is 5. The highest BCUT2D eigenvalue weighted by Crippen LogP contribution is 2.28. The van der Waals surface area contributed by atoms with Crippen molar-refractivity contribution in [2.45, 2.75) is 13.5 Å². The van der Waals surface area contributed by atoms with E-state index in [4.69, 9.17) is 9.47 Å². The fourth-order valence-electron chi connectivity index (χ4n) is 2.36. The van der Waals surface area contributed by atoms with E-state index in [1.54, 1.807) is 25.3 Å². The first-order valence-electron chi connectivity index (χ1n) is 7.60. The number of nitrogens with one attached hydrogen (secondary N) is 1. The maximum atomic E-state index is 12.4. The summed E-state index contributed by atoms with van der Waals surface area (Å²) < 4.78 is 12.5. The van der Waals surface area contributed by atoms with E-state index in [2.05, 4.69) is 15.5 Å². The van der Waals surface area contributed by atoms with E-state index in [-0.39, 0.29) is 12.5 Å². The Labute approximate surface area is 139 Å². The highest BCUT2D eigenvalue weighted by Gasteiger charge is 2.12. The van der Waals surface area contributed by atoms with Crippen molar-refractivity contribution in [2.75, 3.05) is 13.7 Å². The summed E-state index contributed by atoms with van der Waals surface area (Å²) in [6.45, 7) is 2.65. The highest BCUT2D eigenvalue weighted by molar-refractivity contribution is 5.94. The number of fused-ring (bicyclic) bond motifs is 1. The van der Waals surface area contributed by atoms with Crippen molar-refractivity contribution in [2.24, 2.45) is 0 Å². The molecule has 1 amide bonds. The number of hydrogen-bond donors (Lipinski definition) is 1. The van der Waals surface area contributed by atoms with E-state index in [9.17, 15) is 4.79 Å². The summed E-state index contributed by atoms with van der Waals surface area (Å²) in [7, 11) is 1.56. The minimum absolute atomic E-state index is 0.216. The van der Waals surface area contributed by atoms with Crippen LogP contribution in [0.25, 0.3) is 5.65 Å². The second kappa shape index (κ2) is 6.99. The Morgan fingerprint density at radius 1 is 1.21 bits per heavy atom. The lowest BCUT2D eigenvalue weighted by Crippen LogP contribution is -2.24. The lowest BCUT2D eigenvalue weighted by molar-refractivity contribution is 0.0949. The molecule has 7 nitrogen and oxygen atoms in total. The third-order valence-corrected chi connectivity index (χ3v) is 3.52. The van der Waals surface area contributed by atoms with Crippen molar-refractivity contribution in [3.8, 4) is 11.5 Å². The number of benzene rings is 1. The molecule has 24 heavy (non-hydrogen) atoms. The van der Waals surface area contributed by atoms with Crippen LogP contribution in [-0.4, -0.2) is 34.2 Å². The molecule has 1 N–H and O–H groups in total. The van der Waals surface area contributed by atoms with Crippen LogP contribution in [0.2, 0.25) is 0 Å². The third kappa shape index (κ3) is 3.15. The van der Waals surface area contributed by atoms with E-state index in [0.29, 0.717) is 29.5 Å². The zero-order valence-corrected chi connectivity index (χ0v) is 13.5. The molecule has 0 fully saturated rings. The summed E-state index contributed by atoms with van der Waals surface area (Å²) in [5.41, 5.74) is 1.23. The molecule has 2 heterocycles. The Bertz CT molecular complexity index is 860. The number of rotatable bonds is 6. The van der Waals surface area contributed by atoms with E-state index < -0.39 is 0 Å². The van der Waals surface area contributed by atoms with Gasteiger partial charge in [0.1, 0.15) is 0 Å². The Kier molecular flexibility index (Phi) is 4.60. The highest BCUT2D eigenvalue weighted by atomic mass is 16.5. The average molecular weight is 326 g/mol. The van der Waals surface area contributed by atoms with Gasteiger partial charge in [0.15, 0.2) is 23.0 Å². The van der Waals surface area contributed by atoms with Gasteiger partial charge in [0.2, 0.25) is 0 Å². The number of pyridine rings is 1. The van der Waals surface area contributed by atoms with Gasteiger partial charge >= 0.3 is 0 Å². The van der Waals surface area contributed by atoms with Crippen molar-refractivity contribution in [3.63, 3.8) is 0 Å². The van der Waals surface area contributed by atoms with Crippen LogP contribution >= 0.6 is 0 Å². The summed E-state index contributed by atoms with van der Waals surface area (Å²) in [6.07, 6.45) is 1.86. The molecular weight excluding hydrogens is 308 g/mol. The maximum absolute atomic E-state index is 12.4. The molecule has 0 aliphatic rings. The topological polar surface area (TPSA) is 77.8 Å². The molecule has 0 saturated carbocycles. The molecule has 0 aliphatic carbocycles. The van der Waals surface area contributed by atoms with Crippen molar-refractivity contribution in [1.82, 2.24) is 19.9 Å². The molecule has 0 aliphatic heterocycles. The Morgan fingerprint density at radius 3 is 2.88 bits per heavy atom. The van der Waals surface area contributed by atoms with Gasteiger partial charge in [-0.1, -0.05) is 6.07 Å². The molecule has 7 heteroatoms. The molecule has 0 spiro atoms. The Balaban J connectivity index is 1.74. The van der Waals surface area contributed by atoms with Gasteiger partial charge in [0.05, 0.1) is 20.3 Å². The predicted octanol–water partition coefficient (Wildman–Crippen LogP) is 2.07. The van der Waals surface area contributed by atoms with Gasteiger partial charge in [-0.2, -0.15) is 0 Å². The van der Waals surface area contributed by atoms with Gasteiger partial charge in [0.25, 0.3) is 5.91 Å². The molecule has 2 aromatic heterocycles. The van der Waals surface area contributed by atoms with Crippen molar-refractivity contribution in [1.29, 1.82) is 0 Å². The maximum Gasteiger partial charge on any atom is 0.251 e. The van der Waals surface area contributed by atoms with Crippen LogP contribution in [0.15, 0.2) is 42.6 Å². The number of carbonyl (C=O) groups excluding carboxylic acids is 1. The first-order valence-corrected chi connectivity index (χ1v) is 7.60. The monoisotopic (exact) mass is 326 g/mol. The van der Waals surface area contributed by atoms with E-state index >= 15 is 0 Å². The first-order chi connectivity index (χ1) is 11.7. The van der Waals surface area contributed by atoms with Gasteiger partial charge in [-0.15, -0.1) is 10.2 Å². The average Bonchev–Trinajstić information content (AvgIpc) is 3.03. The second-order valence-corrected chi connectivity index (χ2v) is 5.03. The smallest absolute Gasteiger partial charge is 0.251 e. The number of carbonyl (C=O) groups is 1. The standard InChI is InChI=1S/C17H18N4O3/c1-3-24-14-10-12(7-8-13(14)23-2)17(22)18-11-16-20-19-15-6-4-5-9-21(15)16/h4-10H,3,11H2,1-2H3,(H,18,22).